The van der Waals surface area contributed by atoms with E-state index in [9.17, 15) is 9.59 Å². The smallest absolute Gasteiger partial charge is 0.237 e. The molecule has 2 bridgehead atoms. The summed E-state index contributed by atoms with van der Waals surface area (Å²) < 4.78 is 17.1. The number of methoxy groups -OCH3 is 1. The van der Waals surface area contributed by atoms with Gasteiger partial charge >= 0.3 is 0 Å². The molecule has 280 valence electrons. The second kappa shape index (κ2) is 15.3. The quantitative estimate of drug-likeness (QED) is 0.192. The minimum Gasteiger partial charge on any atom is -0.497 e. The number of hydrogen-bond acceptors (Lipinski definition) is 7. The molecule has 2 N–H and O–H groups in total. The van der Waals surface area contributed by atoms with Crippen molar-refractivity contribution in [3.05, 3.63) is 58.7 Å². The highest BCUT2D eigenvalue weighted by molar-refractivity contribution is 7.85. The number of allylic oxidation sites excluding steroid dienone is 1. The standard InChI is InChI=1S/C43H52N5O4S/c1-45-40(37(23-44)43(50)48-31-12-9-13-32(48)26-52-25-31)30-20-29-21-33(51-2)17-19-35(29)41-39(27-10-5-4-6-11-27)36-18-16-28(22-38(36)47(41)24-30)42(49)46-53(3)34-14-7-8-15-34/h3,16-23,27,31-32,34,37,44H,4-15,24-26H2,1-2H3,(H,46,49)/q-1. The molecule has 3 aromatic rings. The lowest BCUT2D eigenvalue weighted by atomic mass is 9.81. The molecule has 3 aliphatic heterocycles. The number of carbonyl (C=O) groups is 2. The van der Waals surface area contributed by atoms with Gasteiger partial charge in [0.05, 0.1) is 50.4 Å². The molecule has 9 nitrogen and oxygen atoms in total. The maximum Gasteiger partial charge on any atom is 0.237 e. The van der Waals surface area contributed by atoms with Crippen molar-refractivity contribution in [2.24, 2.45) is 10.9 Å². The molecular weight excluding hydrogens is 683 g/mol. The van der Waals surface area contributed by atoms with Crippen LogP contribution in [0.1, 0.15) is 104 Å². The molecule has 2 saturated heterocycles. The van der Waals surface area contributed by atoms with Crippen LogP contribution in [-0.2, 0) is 26.6 Å². The SMILES string of the molecule is C#[S-](NC(=O)c1ccc2c(C3CCCCC3)c3n(c2c1)CC(C(=NC)C(C=N)C(=O)N1C2CCCC1COC2)=Cc1cc(OC)ccc1-3)C1CCCC1. The van der Waals surface area contributed by atoms with Crippen molar-refractivity contribution in [1.29, 1.82) is 5.41 Å². The van der Waals surface area contributed by atoms with Crippen molar-refractivity contribution >= 4 is 51.2 Å². The molecule has 2 aliphatic carbocycles. The van der Waals surface area contributed by atoms with Gasteiger partial charge in [0.25, 0.3) is 0 Å². The fourth-order valence-electron chi connectivity index (χ4n) is 9.83. The highest BCUT2D eigenvalue weighted by Crippen LogP contribution is 2.47. The first kappa shape index (κ1) is 35.9. The second-order valence-electron chi connectivity index (χ2n) is 15.5. The maximum absolute atomic E-state index is 14.5. The third kappa shape index (κ3) is 6.68. The first-order valence-electron chi connectivity index (χ1n) is 19.6. The Labute approximate surface area is 315 Å². The van der Waals surface area contributed by atoms with Crippen LogP contribution in [0.15, 0.2) is 47.0 Å². The number of nitrogens with one attached hydrogen (secondary N) is 2. The van der Waals surface area contributed by atoms with Crippen LogP contribution >= 0.6 is 0 Å². The molecule has 4 heterocycles. The predicted octanol–water partition coefficient (Wildman–Crippen LogP) is 7.67. The number of carbonyl (C=O) groups excluding carboxylic acids is 2. The summed E-state index contributed by atoms with van der Waals surface area (Å²) in [5.41, 5.74) is 14.1. The summed E-state index contributed by atoms with van der Waals surface area (Å²) in [7, 11) is 2.73. The van der Waals surface area contributed by atoms with Crippen LogP contribution in [0.2, 0.25) is 0 Å². The molecule has 4 fully saturated rings. The third-order valence-corrected chi connectivity index (χ3v) is 14.1. The summed E-state index contributed by atoms with van der Waals surface area (Å²) in [4.78, 5) is 35.1. The van der Waals surface area contributed by atoms with Crippen molar-refractivity contribution in [2.75, 3.05) is 27.4 Å². The van der Waals surface area contributed by atoms with Gasteiger partial charge in [-0.15, -0.1) is 5.25 Å². The molecule has 2 saturated carbocycles. The van der Waals surface area contributed by atoms with Crippen LogP contribution < -0.4 is 9.46 Å². The molecule has 3 atom stereocenters. The monoisotopic (exact) mass is 734 g/mol. The van der Waals surface area contributed by atoms with Gasteiger partial charge in [-0.1, -0.05) is 51.0 Å². The summed E-state index contributed by atoms with van der Waals surface area (Å²) in [6, 6.07) is 12.4. The number of piperidine rings is 1. The summed E-state index contributed by atoms with van der Waals surface area (Å²) in [6.07, 6.45) is 16.6. The van der Waals surface area contributed by atoms with Gasteiger partial charge in [-0.2, -0.15) is 0 Å². The van der Waals surface area contributed by atoms with Crippen LogP contribution in [0.3, 0.4) is 0 Å². The third-order valence-electron chi connectivity index (χ3n) is 12.5. The fraction of sp³-hybridized carbons (Fsp3) is 0.512. The molecule has 10 heteroatoms. The molecule has 3 unspecified atom stereocenters. The van der Waals surface area contributed by atoms with E-state index in [0.717, 1.165) is 96.8 Å². The van der Waals surface area contributed by atoms with Gasteiger partial charge in [-0.3, -0.25) is 14.6 Å². The highest BCUT2D eigenvalue weighted by atomic mass is 32.2. The van der Waals surface area contributed by atoms with Crippen LogP contribution in [0.25, 0.3) is 28.2 Å². The molecule has 2 amide bonds. The van der Waals surface area contributed by atoms with Crippen molar-refractivity contribution in [1.82, 2.24) is 14.2 Å². The number of rotatable bonds is 7. The van der Waals surface area contributed by atoms with E-state index in [1.54, 1.807) is 14.2 Å². The van der Waals surface area contributed by atoms with Crippen molar-refractivity contribution in [3.8, 4) is 22.7 Å². The first-order valence-corrected chi connectivity index (χ1v) is 21.0. The predicted molar refractivity (Wildman–Crippen MR) is 214 cm³/mol. The van der Waals surface area contributed by atoms with Crippen LogP contribution in [0.5, 0.6) is 5.75 Å². The van der Waals surface area contributed by atoms with E-state index >= 15 is 0 Å². The van der Waals surface area contributed by atoms with Gasteiger partial charge in [0.2, 0.25) is 11.8 Å². The van der Waals surface area contributed by atoms with E-state index in [4.69, 9.17) is 25.6 Å². The number of ether oxygens (including phenoxy) is 2. The number of amides is 2. The van der Waals surface area contributed by atoms with Gasteiger partial charge in [-0.25, -0.2) is 0 Å². The number of nitrogens with zero attached hydrogens (tertiary/aromatic N) is 3. The number of morpholine rings is 1. The average molecular weight is 735 g/mol. The lowest BCUT2D eigenvalue weighted by molar-refractivity contribution is -0.150. The summed E-state index contributed by atoms with van der Waals surface area (Å²) in [6.45, 7) is 1.50. The number of hydrogen-bond donors (Lipinski definition) is 2. The number of fused-ring (bicyclic) bond motifs is 7. The highest BCUT2D eigenvalue weighted by Gasteiger charge is 2.42. The summed E-state index contributed by atoms with van der Waals surface area (Å²) in [5, 5.41) is 10.1. The molecular formula is C43H52N5O4S-. The minimum absolute atomic E-state index is 0.0219. The Bertz CT molecular complexity index is 2040. The number of aliphatic imine (C=N–C) groups is 1. The lowest BCUT2D eigenvalue weighted by Gasteiger charge is -2.46. The zero-order valence-electron chi connectivity index (χ0n) is 31.1. The van der Waals surface area contributed by atoms with Gasteiger partial charge in [0, 0.05) is 35.3 Å². The zero-order chi connectivity index (χ0) is 36.6. The molecule has 1 aromatic heterocycles. The Balaban J connectivity index is 1.26. The van der Waals surface area contributed by atoms with E-state index in [2.05, 4.69) is 33.6 Å². The Morgan fingerprint density at radius 2 is 1.74 bits per heavy atom. The van der Waals surface area contributed by atoms with E-state index in [0.29, 0.717) is 42.2 Å². The largest absolute Gasteiger partial charge is 0.497 e. The zero-order valence-corrected chi connectivity index (χ0v) is 31.9. The van der Waals surface area contributed by atoms with E-state index < -0.39 is 16.4 Å². The minimum atomic E-state index is -0.831. The van der Waals surface area contributed by atoms with Gasteiger partial charge in [-0.05, 0) is 91.1 Å². The van der Waals surface area contributed by atoms with Gasteiger partial charge in [0.15, 0.2) is 0 Å². The summed E-state index contributed by atoms with van der Waals surface area (Å²) >= 11 is 0. The first-order chi connectivity index (χ1) is 25.9. The Morgan fingerprint density at radius 3 is 2.43 bits per heavy atom. The lowest BCUT2D eigenvalue weighted by Crippen LogP contribution is -2.59. The average Bonchev–Trinajstić information content (AvgIpc) is 3.80. The second-order valence-corrected chi connectivity index (χ2v) is 17.1. The molecule has 8 rings (SSSR count). The van der Waals surface area contributed by atoms with Crippen molar-refractivity contribution < 1.29 is 19.1 Å². The summed E-state index contributed by atoms with van der Waals surface area (Å²) in [5.74, 6) is 0.0788. The number of aromatic nitrogens is 1. The molecule has 2 aromatic carbocycles. The van der Waals surface area contributed by atoms with Crippen molar-refractivity contribution in [3.63, 3.8) is 0 Å². The fourth-order valence-corrected chi connectivity index (χ4v) is 11.2. The van der Waals surface area contributed by atoms with Gasteiger partial charge in [0.1, 0.15) is 11.7 Å². The number of benzene rings is 2. The van der Waals surface area contributed by atoms with Crippen molar-refractivity contribution in [2.45, 2.75) is 107 Å². The Morgan fingerprint density at radius 1 is 1.00 bits per heavy atom. The van der Waals surface area contributed by atoms with Crippen LogP contribution in [0.4, 0.5) is 0 Å². The molecule has 0 radical (unpaired) electrons. The van der Waals surface area contributed by atoms with E-state index in [-0.39, 0.29) is 23.9 Å². The van der Waals surface area contributed by atoms with Crippen LogP contribution in [-0.4, -0.2) is 77.9 Å². The molecule has 0 spiro atoms. The normalized spacial score (nSPS) is 22.9. The molecule has 5 aliphatic rings. The van der Waals surface area contributed by atoms with Gasteiger partial charge < -0.3 is 45.2 Å². The Kier molecular flexibility index (Phi) is 10.4. The van der Waals surface area contributed by atoms with E-state index in [1.165, 1.54) is 31.0 Å². The van der Waals surface area contributed by atoms with E-state index in [1.807, 2.05) is 23.1 Å². The maximum atomic E-state index is 14.5. The topological polar surface area (TPSA) is 109 Å². The van der Waals surface area contributed by atoms with Crippen LogP contribution in [0, 0.1) is 17.0 Å². The molecule has 53 heavy (non-hydrogen) atoms. The Hall–Kier alpha value is -4.11.